The number of aromatic nitrogens is 4. The first-order chi connectivity index (χ1) is 14.1. The second-order valence-corrected chi connectivity index (χ2v) is 7.04. The Kier molecular flexibility index (Phi) is 5.48. The number of nitrogens with zero attached hydrogens (tertiary/aromatic N) is 5. The van der Waals surface area contributed by atoms with Gasteiger partial charge < -0.3 is 15.0 Å². The van der Waals surface area contributed by atoms with Gasteiger partial charge in [-0.25, -0.2) is 18.9 Å². The number of anilines is 1. The summed E-state index contributed by atoms with van der Waals surface area (Å²) in [6.45, 7) is 1.10. The minimum Gasteiger partial charge on any atom is -0.481 e. The van der Waals surface area contributed by atoms with E-state index in [9.17, 15) is 9.18 Å². The molecule has 152 valence electrons. The molecule has 0 aromatic carbocycles. The summed E-state index contributed by atoms with van der Waals surface area (Å²) < 4.78 is 20.7. The molecule has 1 fully saturated rings. The van der Waals surface area contributed by atoms with Crippen LogP contribution in [0.25, 0.3) is 5.65 Å². The molecular formula is C19H20ClFN6O2. The van der Waals surface area contributed by atoms with E-state index in [0.717, 1.165) is 25.6 Å². The van der Waals surface area contributed by atoms with Crippen molar-refractivity contribution < 1.29 is 13.9 Å². The van der Waals surface area contributed by atoms with Gasteiger partial charge in [0, 0.05) is 30.7 Å². The molecule has 0 bridgehead atoms. The van der Waals surface area contributed by atoms with Crippen LogP contribution in [0, 0.1) is 5.82 Å². The molecule has 1 N–H and O–H groups in total. The summed E-state index contributed by atoms with van der Waals surface area (Å²) in [7, 11) is 1.52. The third kappa shape index (κ3) is 3.69. The predicted octanol–water partition coefficient (Wildman–Crippen LogP) is 2.58. The van der Waals surface area contributed by atoms with Gasteiger partial charge in [0.25, 0.3) is 5.91 Å². The van der Waals surface area contributed by atoms with Crippen LogP contribution in [-0.2, 0) is 0 Å². The summed E-state index contributed by atoms with van der Waals surface area (Å²) in [5.74, 6) is 0.709. The van der Waals surface area contributed by atoms with Crippen LogP contribution in [-0.4, -0.2) is 51.6 Å². The van der Waals surface area contributed by atoms with E-state index in [1.54, 1.807) is 10.7 Å². The van der Waals surface area contributed by atoms with Crippen LogP contribution in [0.2, 0.25) is 0 Å². The number of fused-ring (bicyclic) bond motifs is 1. The molecule has 1 unspecified atom stereocenters. The molecule has 4 rings (SSSR count). The Bertz CT molecular complexity index is 1040. The summed E-state index contributed by atoms with van der Waals surface area (Å²) in [6, 6.07) is 3.16. The highest BCUT2D eigenvalue weighted by Crippen LogP contribution is 2.38. The maximum atomic E-state index is 13.9. The Balaban J connectivity index is 1.70. The lowest BCUT2D eigenvalue weighted by Crippen LogP contribution is -2.26. The molecule has 1 amide bonds. The standard InChI is InChI=1S/C19H20ClFN6O2/c1-29-19-13(9-12(21)10-23-19)15-3-2-7-26(15)16-4-8-27-17(25-16)14(11-24-27)18(28)22-6-5-20/h4,8-11,15H,2-3,5-7H2,1H3,(H,22,28). The van der Waals surface area contributed by atoms with Crippen molar-refractivity contribution in [3.63, 3.8) is 0 Å². The number of amides is 1. The monoisotopic (exact) mass is 418 g/mol. The summed E-state index contributed by atoms with van der Waals surface area (Å²) in [5.41, 5.74) is 1.50. The van der Waals surface area contributed by atoms with Gasteiger partial charge in [-0.05, 0) is 25.0 Å². The molecule has 4 heterocycles. The second kappa shape index (κ2) is 8.20. The van der Waals surface area contributed by atoms with Crippen LogP contribution in [0.3, 0.4) is 0 Å². The summed E-state index contributed by atoms with van der Waals surface area (Å²) in [5, 5.41) is 6.92. The third-order valence-corrected chi connectivity index (χ3v) is 5.11. The van der Waals surface area contributed by atoms with Gasteiger partial charge in [0.2, 0.25) is 5.88 Å². The van der Waals surface area contributed by atoms with Gasteiger partial charge in [0.05, 0.1) is 25.5 Å². The van der Waals surface area contributed by atoms with Crippen LogP contribution in [0.4, 0.5) is 10.2 Å². The first-order valence-electron chi connectivity index (χ1n) is 9.27. The Labute approximate surface area is 171 Å². The van der Waals surface area contributed by atoms with Crippen molar-refractivity contribution in [2.45, 2.75) is 18.9 Å². The zero-order chi connectivity index (χ0) is 20.4. The van der Waals surface area contributed by atoms with Gasteiger partial charge >= 0.3 is 0 Å². The fourth-order valence-electron chi connectivity index (χ4n) is 3.65. The number of carbonyl (C=O) groups excluding carboxylic acids is 1. The molecule has 8 nitrogen and oxygen atoms in total. The first-order valence-corrected chi connectivity index (χ1v) is 9.80. The maximum Gasteiger partial charge on any atom is 0.256 e. The number of nitrogens with one attached hydrogen (secondary N) is 1. The van der Waals surface area contributed by atoms with Gasteiger partial charge in [-0.15, -0.1) is 11.6 Å². The van der Waals surface area contributed by atoms with Crippen molar-refractivity contribution in [3.05, 3.63) is 47.7 Å². The van der Waals surface area contributed by atoms with E-state index in [1.165, 1.54) is 19.4 Å². The molecule has 0 saturated carbocycles. The minimum absolute atomic E-state index is 0.125. The van der Waals surface area contributed by atoms with Crippen LogP contribution in [0.5, 0.6) is 5.88 Å². The van der Waals surface area contributed by atoms with E-state index in [1.807, 2.05) is 6.07 Å². The van der Waals surface area contributed by atoms with Gasteiger partial charge in [0.1, 0.15) is 17.2 Å². The zero-order valence-corrected chi connectivity index (χ0v) is 16.6. The van der Waals surface area contributed by atoms with E-state index in [0.29, 0.717) is 40.9 Å². The lowest BCUT2D eigenvalue weighted by atomic mass is 10.1. The number of halogens is 2. The van der Waals surface area contributed by atoms with Gasteiger partial charge in [-0.3, -0.25) is 4.79 Å². The highest BCUT2D eigenvalue weighted by atomic mass is 35.5. The van der Waals surface area contributed by atoms with Crippen molar-refractivity contribution in [3.8, 4) is 5.88 Å². The molecule has 3 aromatic heterocycles. The maximum absolute atomic E-state index is 13.9. The molecule has 0 radical (unpaired) electrons. The zero-order valence-electron chi connectivity index (χ0n) is 15.8. The summed E-state index contributed by atoms with van der Waals surface area (Å²) in [6.07, 6.45) is 6.11. The van der Waals surface area contributed by atoms with Crippen molar-refractivity contribution in [1.29, 1.82) is 0 Å². The van der Waals surface area contributed by atoms with E-state index in [2.05, 4.69) is 25.3 Å². The molecular weight excluding hydrogens is 399 g/mol. The number of pyridine rings is 1. The van der Waals surface area contributed by atoms with Gasteiger partial charge in [-0.2, -0.15) is 5.10 Å². The Morgan fingerprint density at radius 3 is 3.10 bits per heavy atom. The van der Waals surface area contributed by atoms with Crippen molar-refractivity contribution in [1.82, 2.24) is 24.9 Å². The smallest absolute Gasteiger partial charge is 0.256 e. The number of ether oxygens (including phenoxy) is 1. The van der Waals surface area contributed by atoms with Crippen LogP contribution in [0.1, 0.15) is 34.8 Å². The summed E-state index contributed by atoms with van der Waals surface area (Å²) >= 11 is 5.65. The lowest BCUT2D eigenvalue weighted by molar-refractivity contribution is 0.0957. The number of alkyl halides is 1. The quantitative estimate of drug-likeness (QED) is 0.619. The highest BCUT2D eigenvalue weighted by molar-refractivity contribution is 6.18. The molecule has 1 aliphatic rings. The van der Waals surface area contributed by atoms with Crippen LogP contribution >= 0.6 is 11.6 Å². The first kappa shape index (κ1) is 19.4. The second-order valence-electron chi connectivity index (χ2n) is 6.66. The summed E-state index contributed by atoms with van der Waals surface area (Å²) in [4.78, 5) is 23.2. The van der Waals surface area contributed by atoms with Gasteiger partial charge in [-0.1, -0.05) is 0 Å². The van der Waals surface area contributed by atoms with Crippen molar-refractivity contribution in [2.24, 2.45) is 0 Å². The number of hydrogen-bond donors (Lipinski definition) is 1. The van der Waals surface area contributed by atoms with Crippen LogP contribution in [0.15, 0.2) is 30.7 Å². The normalized spacial score (nSPS) is 16.4. The average Bonchev–Trinajstić information content (AvgIpc) is 3.38. The highest BCUT2D eigenvalue weighted by Gasteiger charge is 2.31. The molecule has 0 spiro atoms. The van der Waals surface area contributed by atoms with E-state index >= 15 is 0 Å². The fourth-order valence-corrected chi connectivity index (χ4v) is 3.75. The van der Waals surface area contributed by atoms with Crippen LogP contribution < -0.4 is 15.0 Å². The van der Waals surface area contributed by atoms with E-state index in [4.69, 9.17) is 16.3 Å². The molecule has 0 aliphatic carbocycles. The lowest BCUT2D eigenvalue weighted by Gasteiger charge is -2.26. The molecule has 29 heavy (non-hydrogen) atoms. The van der Waals surface area contributed by atoms with E-state index < -0.39 is 5.82 Å². The van der Waals surface area contributed by atoms with Gasteiger partial charge in [0.15, 0.2) is 5.65 Å². The molecule has 10 heteroatoms. The Morgan fingerprint density at radius 1 is 1.45 bits per heavy atom. The SMILES string of the molecule is COc1ncc(F)cc1C1CCCN1c1ccn2ncc(C(=O)NCCCl)c2n1. The van der Waals surface area contributed by atoms with Crippen molar-refractivity contribution in [2.75, 3.05) is 31.0 Å². The predicted molar refractivity (Wildman–Crippen MR) is 106 cm³/mol. The molecule has 1 atom stereocenters. The molecule has 1 saturated heterocycles. The topological polar surface area (TPSA) is 84.6 Å². The Morgan fingerprint density at radius 2 is 2.31 bits per heavy atom. The minimum atomic E-state index is -0.412. The molecule has 1 aliphatic heterocycles. The number of hydrogen-bond acceptors (Lipinski definition) is 6. The average molecular weight is 419 g/mol. The number of methoxy groups -OCH3 is 1. The van der Waals surface area contributed by atoms with E-state index in [-0.39, 0.29) is 11.9 Å². The largest absolute Gasteiger partial charge is 0.481 e. The number of rotatable bonds is 6. The Hall–Kier alpha value is -2.94. The molecule has 3 aromatic rings. The van der Waals surface area contributed by atoms with Crippen molar-refractivity contribution >= 4 is 29.0 Å². The fraction of sp³-hybridized carbons (Fsp3) is 0.368. The number of carbonyl (C=O) groups is 1. The third-order valence-electron chi connectivity index (χ3n) is 4.92.